The summed E-state index contributed by atoms with van der Waals surface area (Å²) in [4.78, 5) is 4.34. The molecule has 1 aromatic carbocycles. The smallest absolute Gasteiger partial charge is 0.113 e. The van der Waals surface area contributed by atoms with Gasteiger partial charge in [0, 0.05) is 30.0 Å². The third-order valence-electron chi connectivity index (χ3n) is 4.27. The van der Waals surface area contributed by atoms with Gasteiger partial charge in [0.05, 0.1) is 0 Å². The number of benzene rings is 1. The summed E-state index contributed by atoms with van der Waals surface area (Å²) in [5.41, 5.74) is 9.44. The van der Waals surface area contributed by atoms with Crippen LogP contribution < -0.4 is 11.1 Å². The molecule has 138 valence electrons. The molecular formula is C23H31N3. The van der Waals surface area contributed by atoms with Crippen LogP contribution in [-0.4, -0.2) is 11.0 Å². The highest BCUT2D eigenvalue weighted by atomic mass is 14.9. The summed E-state index contributed by atoms with van der Waals surface area (Å²) < 4.78 is 0. The molecule has 0 spiro atoms. The average molecular weight is 350 g/mol. The Kier molecular flexibility index (Phi) is 8.72. The lowest BCUT2D eigenvalue weighted by atomic mass is 9.95. The van der Waals surface area contributed by atoms with Gasteiger partial charge < -0.3 is 11.1 Å². The van der Waals surface area contributed by atoms with Crippen molar-refractivity contribution in [1.29, 1.82) is 0 Å². The largest absolute Gasteiger partial charge is 0.399 e. The van der Waals surface area contributed by atoms with E-state index < -0.39 is 0 Å². The Morgan fingerprint density at radius 1 is 1.04 bits per heavy atom. The number of pyridine rings is 1. The number of nitrogens with zero attached hydrogens (tertiary/aromatic N) is 1. The number of rotatable bonds is 3. The second kappa shape index (κ2) is 11.3. The highest BCUT2D eigenvalue weighted by Gasteiger charge is 2.12. The minimum Gasteiger partial charge on any atom is -0.399 e. The molecule has 0 amide bonds. The minimum absolute atomic E-state index is 0.668. The van der Waals surface area contributed by atoms with Crippen LogP contribution in [-0.2, 0) is 6.54 Å². The SMILES string of the molecule is CCC.Nc1ccc(C#Cc2cc(CNC3CCCCC3)ccn2)cc1. The third kappa shape index (κ3) is 7.29. The van der Waals surface area contributed by atoms with Gasteiger partial charge in [-0.15, -0.1) is 0 Å². The van der Waals surface area contributed by atoms with Crippen LogP contribution in [0, 0.1) is 11.8 Å². The van der Waals surface area contributed by atoms with Gasteiger partial charge in [0.2, 0.25) is 0 Å². The molecular weight excluding hydrogens is 318 g/mol. The van der Waals surface area contributed by atoms with E-state index >= 15 is 0 Å². The monoisotopic (exact) mass is 349 g/mol. The van der Waals surface area contributed by atoms with Crippen LogP contribution in [0.5, 0.6) is 0 Å². The van der Waals surface area contributed by atoms with Crippen LogP contribution in [0.1, 0.15) is 69.2 Å². The standard InChI is InChI=1S/C20H23N3.C3H8/c21-18-9-6-16(7-10-18)8-11-20-14-17(12-13-22-20)15-23-19-4-2-1-3-5-19;1-3-2/h6-7,9-10,12-14,19,23H,1-5,15,21H2;3H2,1-2H3. The summed E-state index contributed by atoms with van der Waals surface area (Å²) in [5.74, 6) is 6.26. The van der Waals surface area contributed by atoms with Crippen molar-refractivity contribution in [3.05, 3.63) is 59.4 Å². The van der Waals surface area contributed by atoms with Crippen LogP contribution >= 0.6 is 0 Å². The number of nitrogens with two attached hydrogens (primary N) is 1. The molecule has 0 radical (unpaired) electrons. The molecule has 3 heteroatoms. The molecule has 1 heterocycles. The van der Waals surface area contributed by atoms with Crippen molar-refractivity contribution in [3.8, 4) is 11.8 Å². The van der Waals surface area contributed by atoms with E-state index in [2.05, 4.69) is 48.1 Å². The topological polar surface area (TPSA) is 50.9 Å². The Morgan fingerprint density at radius 3 is 2.42 bits per heavy atom. The van der Waals surface area contributed by atoms with Crippen molar-refractivity contribution in [2.45, 2.75) is 65.0 Å². The van der Waals surface area contributed by atoms with Crippen LogP contribution in [0.3, 0.4) is 0 Å². The first-order valence-corrected chi connectivity index (χ1v) is 9.77. The third-order valence-corrected chi connectivity index (χ3v) is 4.27. The summed E-state index contributed by atoms with van der Waals surface area (Å²) in [6.07, 6.45) is 9.78. The summed E-state index contributed by atoms with van der Waals surface area (Å²) in [7, 11) is 0. The van der Waals surface area contributed by atoms with Crippen LogP contribution in [0.15, 0.2) is 42.6 Å². The second-order valence-electron chi connectivity index (χ2n) is 6.84. The van der Waals surface area contributed by atoms with Gasteiger partial charge in [0.1, 0.15) is 5.69 Å². The second-order valence-corrected chi connectivity index (χ2v) is 6.84. The maximum absolute atomic E-state index is 5.68. The van der Waals surface area contributed by atoms with E-state index in [1.54, 1.807) is 0 Å². The maximum Gasteiger partial charge on any atom is 0.113 e. The first-order chi connectivity index (χ1) is 12.7. The van der Waals surface area contributed by atoms with Crippen molar-refractivity contribution in [1.82, 2.24) is 10.3 Å². The van der Waals surface area contributed by atoms with Gasteiger partial charge in [-0.3, -0.25) is 0 Å². The van der Waals surface area contributed by atoms with Crippen LogP contribution in [0.2, 0.25) is 0 Å². The molecule has 3 rings (SSSR count). The molecule has 0 saturated heterocycles. The zero-order valence-corrected chi connectivity index (χ0v) is 16.1. The molecule has 0 aliphatic heterocycles. The molecule has 0 bridgehead atoms. The zero-order chi connectivity index (χ0) is 18.6. The highest BCUT2D eigenvalue weighted by molar-refractivity contribution is 5.46. The Labute approximate surface area is 158 Å². The number of hydrogen-bond donors (Lipinski definition) is 2. The average Bonchev–Trinajstić information content (AvgIpc) is 2.68. The highest BCUT2D eigenvalue weighted by Crippen LogP contribution is 2.17. The Hall–Kier alpha value is -2.31. The van der Waals surface area contributed by atoms with Gasteiger partial charge in [-0.25, -0.2) is 4.98 Å². The predicted octanol–water partition coefficient (Wildman–Crippen LogP) is 4.90. The van der Waals surface area contributed by atoms with E-state index in [0.717, 1.165) is 23.5 Å². The number of anilines is 1. The summed E-state index contributed by atoms with van der Waals surface area (Å²) in [6.45, 7) is 5.14. The van der Waals surface area contributed by atoms with E-state index in [0.29, 0.717) is 6.04 Å². The van der Waals surface area contributed by atoms with Crippen LogP contribution in [0.4, 0.5) is 5.69 Å². The fraction of sp³-hybridized carbons (Fsp3) is 0.435. The molecule has 2 aromatic rings. The van der Waals surface area contributed by atoms with Crippen molar-refractivity contribution in [3.63, 3.8) is 0 Å². The number of nitrogens with one attached hydrogen (secondary N) is 1. The van der Waals surface area contributed by atoms with Crippen molar-refractivity contribution in [2.24, 2.45) is 0 Å². The fourth-order valence-electron chi connectivity index (χ4n) is 2.92. The molecule has 1 aromatic heterocycles. The lowest BCUT2D eigenvalue weighted by Crippen LogP contribution is -2.30. The van der Waals surface area contributed by atoms with Crippen molar-refractivity contribution >= 4 is 5.69 Å². The van der Waals surface area contributed by atoms with Gasteiger partial charge in [-0.05, 0) is 60.7 Å². The number of hydrogen-bond acceptors (Lipinski definition) is 3. The van der Waals surface area contributed by atoms with Gasteiger partial charge in [0.15, 0.2) is 0 Å². The minimum atomic E-state index is 0.668. The number of nitrogen functional groups attached to an aromatic ring is 1. The molecule has 1 fully saturated rings. The molecule has 26 heavy (non-hydrogen) atoms. The van der Waals surface area contributed by atoms with Gasteiger partial charge in [-0.1, -0.05) is 45.5 Å². The van der Waals surface area contributed by atoms with Gasteiger partial charge in [-0.2, -0.15) is 0 Å². The van der Waals surface area contributed by atoms with Gasteiger partial charge >= 0.3 is 0 Å². The first kappa shape index (κ1) is 20.0. The molecule has 3 nitrogen and oxygen atoms in total. The molecule has 1 aliphatic carbocycles. The normalized spacial score (nSPS) is 13.9. The summed E-state index contributed by atoms with van der Waals surface area (Å²) in [6, 6.07) is 12.4. The Balaban J connectivity index is 0.000000758. The molecule has 1 aliphatic rings. The maximum atomic E-state index is 5.68. The van der Waals surface area contributed by atoms with E-state index in [9.17, 15) is 0 Å². The fourth-order valence-corrected chi connectivity index (χ4v) is 2.92. The number of aromatic nitrogens is 1. The summed E-state index contributed by atoms with van der Waals surface area (Å²) in [5, 5.41) is 3.66. The predicted molar refractivity (Wildman–Crippen MR) is 111 cm³/mol. The molecule has 1 saturated carbocycles. The molecule has 0 atom stereocenters. The van der Waals surface area contributed by atoms with Crippen molar-refractivity contribution < 1.29 is 0 Å². The van der Waals surface area contributed by atoms with E-state index in [1.807, 2.05) is 30.5 Å². The lowest BCUT2D eigenvalue weighted by Gasteiger charge is -2.22. The lowest BCUT2D eigenvalue weighted by molar-refractivity contribution is 0.372. The first-order valence-electron chi connectivity index (χ1n) is 9.77. The quantitative estimate of drug-likeness (QED) is 0.612. The van der Waals surface area contributed by atoms with Gasteiger partial charge in [0.25, 0.3) is 0 Å². The summed E-state index contributed by atoms with van der Waals surface area (Å²) >= 11 is 0. The molecule has 3 N–H and O–H groups in total. The van der Waals surface area contributed by atoms with E-state index in [4.69, 9.17) is 5.73 Å². The van der Waals surface area contributed by atoms with Crippen LogP contribution in [0.25, 0.3) is 0 Å². The Morgan fingerprint density at radius 2 is 1.73 bits per heavy atom. The Bertz CT molecular complexity index is 704. The van der Waals surface area contributed by atoms with E-state index in [1.165, 1.54) is 44.1 Å². The van der Waals surface area contributed by atoms with Crippen molar-refractivity contribution in [2.75, 3.05) is 5.73 Å². The van der Waals surface area contributed by atoms with E-state index in [-0.39, 0.29) is 0 Å². The molecule has 0 unspecified atom stereocenters. The zero-order valence-electron chi connectivity index (χ0n) is 16.1.